The number of nitrogens with zero attached hydrogens (tertiary/aromatic N) is 4. The molecule has 4 aromatic rings. The average molecular weight is 415 g/mol. The van der Waals surface area contributed by atoms with Crippen LogP contribution in [0.3, 0.4) is 0 Å². The molecular weight excluding hydrogens is 399 g/mol. The van der Waals surface area contributed by atoms with E-state index in [0.717, 1.165) is 48.3 Å². The number of aryl methyl sites for hydroxylation is 2. The molecule has 27 heavy (non-hydrogen) atoms. The molecule has 0 fully saturated rings. The summed E-state index contributed by atoms with van der Waals surface area (Å²) in [6.45, 7) is 3.96. The van der Waals surface area contributed by atoms with E-state index < -0.39 is 0 Å². The molecule has 0 spiro atoms. The Morgan fingerprint density at radius 2 is 1.81 bits per heavy atom. The van der Waals surface area contributed by atoms with Gasteiger partial charge in [-0.05, 0) is 50.2 Å². The highest BCUT2D eigenvalue weighted by molar-refractivity contribution is 7.98. The minimum absolute atomic E-state index is 0.251. The Bertz CT molecular complexity index is 1060. The molecule has 3 aromatic heterocycles. The highest BCUT2D eigenvalue weighted by Crippen LogP contribution is 2.34. The lowest BCUT2D eigenvalue weighted by Gasteiger charge is -2.00. The molecule has 136 valence electrons. The Morgan fingerprint density at radius 3 is 2.48 bits per heavy atom. The fourth-order valence-corrected chi connectivity index (χ4v) is 4.95. The monoisotopic (exact) mass is 414 g/mol. The predicted molar refractivity (Wildman–Crippen MR) is 110 cm³/mol. The lowest BCUT2D eigenvalue weighted by Crippen LogP contribution is -1.90. The van der Waals surface area contributed by atoms with E-state index >= 15 is 0 Å². The Labute approximate surface area is 168 Å². The smallest absolute Gasteiger partial charge is 0.124 e. The first-order valence-corrected chi connectivity index (χ1v) is 10.9. The topological polar surface area (TPSA) is 51.6 Å². The van der Waals surface area contributed by atoms with Crippen LogP contribution in [0.1, 0.15) is 16.4 Å². The molecule has 0 aliphatic carbocycles. The first kappa shape index (κ1) is 18.2. The van der Waals surface area contributed by atoms with E-state index in [4.69, 9.17) is 0 Å². The molecular formula is C19H15FN4S3. The summed E-state index contributed by atoms with van der Waals surface area (Å²) in [5.41, 5.74) is 3.66. The summed E-state index contributed by atoms with van der Waals surface area (Å²) in [6.07, 6.45) is 0. The molecule has 0 saturated heterocycles. The fourth-order valence-electron chi connectivity index (χ4n) is 2.49. The molecule has 8 heteroatoms. The summed E-state index contributed by atoms with van der Waals surface area (Å²) in [7, 11) is 0. The van der Waals surface area contributed by atoms with Gasteiger partial charge in [-0.3, -0.25) is 0 Å². The Morgan fingerprint density at radius 1 is 1.00 bits per heavy atom. The zero-order valence-electron chi connectivity index (χ0n) is 14.6. The fraction of sp³-hybridized carbons (Fsp3) is 0.158. The van der Waals surface area contributed by atoms with Crippen LogP contribution in [0.25, 0.3) is 21.1 Å². The van der Waals surface area contributed by atoms with Crippen molar-refractivity contribution in [3.8, 4) is 21.1 Å². The number of hydrogen-bond acceptors (Lipinski definition) is 7. The Balaban J connectivity index is 1.51. The van der Waals surface area contributed by atoms with E-state index in [1.807, 2.05) is 26.0 Å². The first-order chi connectivity index (χ1) is 13.1. The van der Waals surface area contributed by atoms with E-state index in [1.165, 1.54) is 23.5 Å². The van der Waals surface area contributed by atoms with Crippen molar-refractivity contribution in [1.82, 2.24) is 20.2 Å². The molecule has 0 saturated carbocycles. The van der Waals surface area contributed by atoms with Gasteiger partial charge in [-0.1, -0.05) is 11.8 Å². The van der Waals surface area contributed by atoms with Gasteiger partial charge in [0.15, 0.2) is 0 Å². The van der Waals surface area contributed by atoms with Gasteiger partial charge in [-0.2, -0.15) is 0 Å². The summed E-state index contributed by atoms with van der Waals surface area (Å²) in [5, 5.41) is 13.6. The van der Waals surface area contributed by atoms with Crippen LogP contribution in [-0.2, 0) is 5.75 Å². The number of rotatable bonds is 5. The summed E-state index contributed by atoms with van der Waals surface area (Å²) in [5.74, 6) is 0.533. The van der Waals surface area contributed by atoms with Gasteiger partial charge in [0.25, 0.3) is 0 Å². The molecule has 0 aliphatic heterocycles. The number of aromatic nitrogens is 4. The summed E-state index contributed by atoms with van der Waals surface area (Å²) >= 11 is 4.82. The molecule has 4 rings (SSSR count). The van der Waals surface area contributed by atoms with Crippen LogP contribution in [-0.4, -0.2) is 20.2 Å². The maximum absolute atomic E-state index is 13.1. The van der Waals surface area contributed by atoms with Gasteiger partial charge in [0.1, 0.15) is 21.5 Å². The second-order valence-electron chi connectivity index (χ2n) is 5.84. The molecule has 0 radical (unpaired) electrons. The number of thioether (sulfide) groups is 1. The summed E-state index contributed by atoms with van der Waals surface area (Å²) in [6, 6.07) is 10.3. The van der Waals surface area contributed by atoms with Crippen molar-refractivity contribution in [2.24, 2.45) is 0 Å². The zero-order chi connectivity index (χ0) is 18.8. The van der Waals surface area contributed by atoms with Crippen LogP contribution in [0, 0.1) is 19.7 Å². The van der Waals surface area contributed by atoms with Crippen LogP contribution < -0.4 is 0 Å². The molecule has 0 atom stereocenters. The minimum Gasteiger partial charge on any atom is -0.246 e. The third-order valence-electron chi connectivity index (χ3n) is 3.79. The van der Waals surface area contributed by atoms with Crippen LogP contribution in [0.4, 0.5) is 4.39 Å². The Kier molecular flexibility index (Phi) is 5.29. The lowest BCUT2D eigenvalue weighted by atomic mass is 10.2. The van der Waals surface area contributed by atoms with E-state index in [9.17, 15) is 4.39 Å². The predicted octanol–water partition coefficient (Wildman–Crippen LogP) is 5.77. The van der Waals surface area contributed by atoms with Crippen molar-refractivity contribution in [1.29, 1.82) is 0 Å². The molecule has 0 amide bonds. The second-order valence-corrected chi connectivity index (χ2v) is 8.90. The van der Waals surface area contributed by atoms with Crippen molar-refractivity contribution in [3.05, 3.63) is 64.0 Å². The number of hydrogen-bond donors (Lipinski definition) is 0. The van der Waals surface area contributed by atoms with Gasteiger partial charge in [-0.15, -0.1) is 32.9 Å². The van der Waals surface area contributed by atoms with Crippen LogP contribution in [0.2, 0.25) is 0 Å². The Hall–Kier alpha value is -2.16. The van der Waals surface area contributed by atoms with E-state index in [0.29, 0.717) is 0 Å². The maximum atomic E-state index is 13.1. The van der Waals surface area contributed by atoms with Crippen LogP contribution in [0.15, 0.2) is 46.8 Å². The molecule has 0 unspecified atom stereocenters. The average Bonchev–Trinajstić information content (AvgIpc) is 3.27. The van der Waals surface area contributed by atoms with Gasteiger partial charge in [0.2, 0.25) is 0 Å². The SMILES string of the molecule is Cc1nc(CSc2ccc(-c3sc(-c4ccc(F)cc4)nc3C)nn2)cs1. The van der Waals surface area contributed by atoms with Crippen molar-refractivity contribution in [3.63, 3.8) is 0 Å². The quantitative estimate of drug-likeness (QED) is 0.388. The van der Waals surface area contributed by atoms with E-state index in [-0.39, 0.29) is 5.82 Å². The summed E-state index contributed by atoms with van der Waals surface area (Å²) < 4.78 is 13.1. The van der Waals surface area contributed by atoms with Gasteiger partial charge >= 0.3 is 0 Å². The third kappa shape index (κ3) is 4.23. The van der Waals surface area contributed by atoms with Gasteiger partial charge in [-0.25, -0.2) is 14.4 Å². The first-order valence-electron chi connectivity index (χ1n) is 8.20. The summed E-state index contributed by atoms with van der Waals surface area (Å²) in [4.78, 5) is 10.0. The number of thiazole rings is 2. The molecule has 3 heterocycles. The maximum Gasteiger partial charge on any atom is 0.124 e. The second kappa shape index (κ2) is 7.84. The normalized spacial score (nSPS) is 11.1. The standard InChI is InChI=1S/C19H15FN4S3/c1-11-18(27-19(21-11)13-3-5-14(20)6-4-13)16-7-8-17(24-23-16)26-10-15-9-25-12(2)22-15/h3-9H,10H2,1-2H3. The highest BCUT2D eigenvalue weighted by atomic mass is 32.2. The van der Waals surface area contributed by atoms with Crippen molar-refractivity contribution in [2.45, 2.75) is 24.6 Å². The molecule has 0 aliphatic rings. The lowest BCUT2D eigenvalue weighted by molar-refractivity contribution is 0.628. The van der Waals surface area contributed by atoms with Gasteiger partial charge < -0.3 is 0 Å². The highest BCUT2D eigenvalue weighted by Gasteiger charge is 2.13. The van der Waals surface area contributed by atoms with Crippen LogP contribution >= 0.6 is 34.4 Å². The number of halogens is 1. The molecule has 1 aromatic carbocycles. The number of benzene rings is 1. The third-order valence-corrected chi connectivity index (χ3v) is 6.80. The van der Waals surface area contributed by atoms with E-state index in [1.54, 1.807) is 35.2 Å². The van der Waals surface area contributed by atoms with Crippen molar-refractivity contribution >= 4 is 34.4 Å². The zero-order valence-corrected chi connectivity index (χ0v) is 17.1. The largest absolute Gasteiger partial charge is 0.246 e. The molecule has 0 N–H and O–H groups in total. The minimum atomic E-state index is -0.251. The van der Waals surface area contributed by atoms with Gasteiger partial charge in [0, 0.05) is 16.7 Å². The molecule has 4 nitrogen and oxygen atoms in total. The van der Waals surface area contributed by atoms with Crippen LogP contribution in [0.5, 0.6) is 0 Å². The van der Waals surface area contributed by atoms with E-state index in [2.05, 4.69) is 25.5 Å². The van der Waals surface area contributed by atoms with Crippen molar-refractivity contribution in [2.75, 3.05) is 0 Å². The molecule has 0 bridgehead atoms. The van der Waals surface area contributed by atoms with Crippen molar-refractivity contribution < 1.29 is 4.39 Å². The van der Waals surface area contributed by atoms with Gasteiger partial charge in [0.05, 0.1) is 21.3 Å².